The third kappa shape index (κ3) is 8.47. The molecule has 40 heavy (non-hydrogen) atoms. The molecule has 1 heterocycles. The van der Waals surface area contributed by atoms with Gasteiger partial charge in [-0.2, -0.15) is 13.2 Å². The number of alkyl halides is 3. The van der Waals surface area contributed by atoms with E-state index in [9.17, 15) is 22.8 Å². The highest BCUT2D eigenvalue weighted by molar-refractivity contribution is 5.85. The van der Waals surface area contributed by atoms with Crippen LogP contribution >= 0.6 is 0 Å². The monoisotopic (exact) mass is 563 g/mol. The van der Waals surface area contributed by atoms with Crippen molar-refractivity contribution in [2.24, 2.45) is 0 Å². The van der Waals surface area contributed by atoms with Gasteiger partial charge in [0.25, 0.3) is 0 Å². The third-order valence-corrected chi connectivity index (χ3v) is 6.74. The van der Waals surface area contributed by atoms with Crippen LogP contribution in [0.25, 0.3) is 11.0 Å². The molecule has 0 amide bonds. The van der Waals surface area contributed by atoms with Gasteiger partial charge in [-0.25, -0.2) is 0 Å². The van der Waals surface area contributed by atoms with Gasteiger partial charge < -0.3 is 18.7 Å². The average molecular weight is 564 g/mol. The van der Waals surface area contributed by atoms with Gasteiger partial charge in [0.05, 0.1) is 32.6 Å². The maximum Gasteiger partial charge on any atom is 0.437 e. The molecule has 218 valence electrons. The number of aromatic nitrogens is 1. The Kier molecular flexibility index (Phi) is 11.4. The lowest BCUT2D eigenvalue weighted by molar-refractivity contribution is -0.142. The molecule has 0 aliphatic rings. The molecule has 10 heteroatoms. The molecule has 2 aromatic carbocycles. The molecule has 0 saturated carbocycles. The van der Waals surface area contributed by atoms with Gasteiger partial charge in [0.1, 0.15) is 5.75 Å². The number of aryl methyl sites for hydroxylation is 3. The van der Waals surface area contributed by atoms with E-state index < -0.39 is 11.9 Å². The number of methoxy groups -OCH3 is 2. The van der Waals surface area contributed by atoms with Crippen molar-refractivity contribution >= 4 is 22.9 Å². The molecular weight excluding hydrogens is 527 g/mol. The van der Waals surface area contributed by atoms with E-state index in [0.717, 1.165) is 55.2 Å². The summed E-state index contributed by atoms with van der Waals surface area (Å²) in [6.45, 7) is 2.38. The van der Waals surface area contributed by atoms with Crippen molar-refractivity contribution in [3.05, 3.63) is 58.3 Å². The van der Waals surface area contributed by atoms with Crippen LogP contribution in [-0.2, 0) is 50.9 Å². The summed E-state index contributed by atoms with van der Waals surface area (Å²) >= 11 is 0. The highest BCUT2D eigenvalue weighted by Gasteiger charge is 2.37. The first-order valence-corrected chi connectivity index (χ1v) is 13.5. The van der Waals surface area contributed by atoms with Gasteiger partial charge in [-0.3, -0.25) is 9.59 Å². The normalized spacial score (nSPS) is 11.6. The first kappa shape index (κ1) is 31.0. The summed E-state index contributed by atoms with van der Waals surface area (Å²) in [4.78, 5) is 23.3. The predicted octanol–water partition coefficient (Wildman–Crippen LogP) is 6.80. The van der Waals surface area contributed by atoms with Gasteiger partial charge in [0.2, 0.25) is 0 Å². The molecule has 0 unspecified atom stereocenters. The SMILES string of the molecule is CCCc1c(OCCCCCCc2ccc(CC(=O)OC)cc2CCC(=O)OC)ccc2c(C(F)(F)F)noc12. The van der Waals surface area contributed by atoms with E-state index in [2.05, 4.69) is 5.16 Å². The number of esters is 2. The zero-order chi connectivity index (χ0) is 29.1. The number of carbonyl (C=O) groups excluding carboxylic acids is 2. The van der Waals surface area contributed by atoms with Gasteiger partial charge in [0, 0.05) is 12.0 Å². The molecule has 0 aliphatic carbocycles. The summed E-state index contributed by atoms with van der Waals surface area (Å²) in [6.07, 6.45) is 2.09. The van der Waals surface area contributed by atoms with E-state index in [1.165, 1.54) is 20.3 Å². The van der Waals surface area contributed by atoms with Crippen LogP contribution in [0, 0.1) is 0 Å². The third-order valence-electron chi connectivity index (χ3n) is 6.74. The van der Waals surface area contributed by atoms with E-state index in [1.54, 1.807) is 6.07 Å². The second-order valence-corrected chi connectivity index (χ2v) is 9.64. The molecule has 0 aliphatic heterocycles. The van der Waals surface area contributed by atoms with Gasteiger partial charge in [0.15, 0.2) is 11.3 Å². The molecule has 0 fully saturated rings. The topological polar surface area (TPSA) is 87.9 Å². The molecule has 1 aromatic heterocycles. The first-order chi connectivity index (χ1) is 19.2. The Balaban J connectivity index is 1.52. The highest BCUT2D eigenvalue weighted by Crippen LogP contribution is 2.38. The number of hydrogen-bond donors (Lipinski definition) is 0. The number of unbranched alkanes of at least 4 members (excludes halogenated alkanes) is 3. The van der Waals surface area contributed by atoms with Crippen molar-refractivity contribution in [3.63, 3.8) is 0 Å². The van der Waals surface area contributed by atoms with Crippen LogP contribution in [0.4, 0.5) is 13.2 Å². The summed E-state index contributed by atoms with van der Waals surface area (Å²) in [5.41, 5.74) is 2.73. The van der Waals surface area contributed by atoms with Crippen molar-refractivity contribution < 1.29 is 41.5 Å². The van der Waals surface area contributed by atoms with E-state index in [-0.39, 0.29) is 35.7 Å². The lowest BCUT2D eigenvalue weighted by Gasteiger charge is -2.13. The van der Waals surface area contributed by atoms with Crippen LogP contribution in [0.2, 0.25) is 0 Å². The van der Waals surface area contributed by atoms with Crippen LogP contribution in [0.1, 0.15) is 73.4 Å². The highest BCUT2D eigenvalue weighted by atomic mass is 19.4. The summed E-state index contributed by atoms with van der Waals surface area (Å²) in [7, 11) is 2.72. The molecule has 0 radical (unpaired) electrons. The maximum absolute atomic E-state index is 13.2. The second-order valence-electron chi connectivity index (χ2n) is 9.64. The number of carbonyl (C=O) groups is 2. The minimum atomic E-state index is -4.58. The standard InChI is InChI=1S/C30H36F3NO6/c1-4-9-23-25(15-14-24-28(23)40-34-29(24)30(31,32)33)39-17-8-6-5-7-10-21-12-11-20(19-27(36)38-3)18-22(21)13-16-26(35)37-2/h11-12,14-15,18H,4-10,13,16-17,19H2,1-3H3. The smallest absolute Gasteiger partial charge is 0.437 e. The minimum absolute atomic E-state index is 0.0485. The fraction of sp³-hybridized carbons (Fsp3) is 0.500. The lowest BCUT2D eigenvalue weighted by atomic mass is 9.95. The fourth-order valence-electron chi connectivity index (χ4n) is 4.66. The Bertz CT molecular complexity index is 1280. The Labute approximate surface area is 231 Å². The molecule has 3 aromatic rings. The number of hydrogen-bond acceptors (Lipinski definition) is 7. The van der Waals surface area contributed by atoms with E-state index >= 15 is 0 Å². The minimum Gasteiger partial charge on any atom is -0.493 e. The number of ether oxygens (including phenoxy) is 3. The number of fused-ring (bicyclic) bond motifs is 1. The Hall–Kier alpha value is -3.56. The van der Waals surface area contributed by atoms with Crippen LogP contribution in [-0.4, -0.2) is 37.9 Å². The van der Waals surface area contributed by atoms with Crippen molar-refractivity contribution in [1.82, 2.24) is 5.16 Å². The molecule has 3 rings (SSSR count). The van der Waals surface area contributed by atoms with Crippen LogP contribution in [0.15, 0.2) is 34.9 Å². The summed E-state index contributed by atoms with van der Waals surface area (Å²) in [6, 6.07) is 8.81. The zero-order valence-corrected chi connectivity index (χ0v) is 23.2. The Morgan fingerprint density at radius 1 is 0.900 bits per heavy atom. The molecule has 0 spiro atoms. The summed E-state index contributed by atoms with van der Waals surface area (Å²) < 4.78 is 60.2. The first-order valence-electron chi connectivity index (χ1n) is 13.5. The number of halogens is 3. The van der Waals surface area contributed by atoms with Crippen LogP contribution < -0.4 is 4.74 Å². The van der Waals surface area contributed by atoms with Gasteiger partial charge in [-0.1, -0.05) is 49.5 Å². The van der Waals surface area contributed by atoms with Gasteiger partial charge in [-0.15, -0.1) is 0 Å². The second kappa shape index (κ2) is 14.7. The van der Waals surface area contributed by atoms with E-state index in [0.29, 0.717) is 30.8 Å². The number of nitrogens with zero attached hydrogens (tertiary/aromatic N) is 1. The summed E-state index contributed by atoms with van der Waals surface area (Å²) in [5, 5.41) is 3.21. The van der Waals surface area contributed by atoms with Crippen molar-refractivity contribution in [2.75, 3.05) is 20.8 Å². The lowest BCUT2D eigenvalue weighted by Crippen LogP contribution is -2.07. The van der Waals surface area contributed by atoms with Crippen LogP contribution in [0.5, 0.6) is 5.75 Å². The number of rotatable bonds is 15. The average Bonchev–Trinajstić information content (AvgIpc) is 3.38. The quantitative estimate of drug-likeness (QED) is 0.148. The Morgan fingerprint density at radius 2 is 1.65 bits per heavy atom. The van der Waals surface area contributed by atoms with Gasteiger partial charge in [-0.05, 0) is 60.9 Å². The zero-order valence-electron chi connectivity index (χ0n) is 23.2. The Morgan fingerprint density at radius 3 is 2.35 bits per heavy atom. The fourth-order valence-corrected chi connectivity index (χ4v) is 4.66. The molecule has 0 saturated heterocycles. The number of benzene rings is 2. The van der Waals surface area contributed by atoms with E-state index in [4.69, 9.17) is 18.7 Å². The summed E-state index contributed by atoms with van der Waals surface area (Å²) in [5.74, 6) is -0.0707. The molecular formula is C30H36F3NO6. The molecule has 0 atom stereocenters. The van der Waals surface area contributed by atoms with Crippen molar-refractivity contribution in [1.29, 1.82) is 0 Å². The van der Waals surface area contributed by atoms with Crippen LogP contribution in [0.3, 0.4) is 0 Å². The predicted molar refractivity (Wildman–Crippen MR) is 143 cm³/mol. The van der Waals surface area contributed by atoms with Crippen molar-refractivity contribution in [2.45, 2.75) is 77.3 Å². The van der Waals surface area contributed by atoms with Gasteiger partial charge >= 0.3 is 18.1 Å². The van der Waals surface area contributed by atoms with Crippen molar-refractivity contribution in [3.8, 4) is 5.75 Å². The molecule has 0 N–H and O–H groups in total. The molecule has 0 bridgehead atoms. The maximum atomic E-state index is 13.2. The molecule has 7 nitrogen and oxygen atoms in total. The largest absolute Gasteiger partial charge is 0.493 e. The van der Waals surface area contributed by atoms with E-state index in [1.807, 2.05) is 25.1 Å².